The number of hydrogen-bond donors (Lipinski definition) is 1. The van der Waals surface area contributed by atoms with Gasteiger partial charge in [-0.1, -0.05) is 50.2 Å². The van der Waals surface area contributed by atoms with Crippen LogP contribution in [0.5, 0.6) is 5.75 Å². The molecule has 2 amide bonds. The highest BCUT2D eigenvalue weighted by Crippen LogP contribution is 2.49. The molecule has 5 rings (SSSR count). The summed E-state index contributed by atoms with van der Waals surface area (Å²) in [6.07, 6.45) is 0.874. The van der Waals surface area contributed by atoms with Gasteiger partial charge in [0.2, 0.25) is 5.91 Å². The van der Waals surface area contributed by atoms with Crippen LogP contribution < -0.4 is 4.74 Å². The van der Waals surface area contributed by atoms with Crippen LogP contribution in [0.3, 0.4) is 0 Å². The number of carbonyl (C=O) groups is 2. The van der Waals surface area contributed by atoms with Crippen molar-refractivity contribution in [2.75, 3.05) is 26.7 Å². The van der Waals surface area contributed by atoms with Crippen molar-refractivity contribution in [1.82, 2.24) is 14.8 Å². The standard InChI is InChI=1S/C27H31N3O3/c1-17(2)13-14-29-16-23(31)30-15-20(18-9-6-8-12-22(18)33-4)24-19-10-5-7-11-21(19)28-25(24)27(30,3)26(29)32/h5-12,17,20,28H,13-16H2,1-4H3/t20-,27-/m0/s1. The first-order chi connectivity index (χ1) is 15.9. The van der Waals surface area contributed by atoms with Gasteiger partial charge in [-0.25, -0.2) is 0 Å². The zero-order chi connectivity index (χ0) is 23.3. The largest absolute Gasteiger partial charge is 0.496 e. The zero-order valence-corrected chi connectivity index (χ0v) is 19.7. The topological polar surface area (TPSA) is 65.6 Å². The van der Waals surface area contributed by atoms with Gasteiger partial charge in [-0.2, -0.15) is 0 Å². The Morgan fingerprint density at radius 3 is 2.61 bits per heavy atom. The number of H-pyrrole nitrogens is 1. The van der Waals surface area contributed by atoms with Crippen LogP contribution in [-0.2, 0) is 15.1 Å². The Kier molecular flexibility index (Phi) is 5.19. The van der Waals surface area contributed by atoms with Gasteiger partial charge in [0.1, 0.15) is 5.75 Å². The predicted molar refractivity (Wildman–Crippen MR) is 128 cm³/mol. The lowest BCUT2D eigenvalue weighted by Gasteiger charge is -2.51. The summed E-state index contributed by atoms with van der Waals surface area (Å²) in [7, 11) is 1.67. The molecular formula is C27H31N3O3. The molecule has 2 atom stereocenters. The Bertz CT molecular complexity index is 1230. The molecule has 3 aromatic rings. The average Bonchev–Trinajstić information content (AvgIpc) is 3.21. The van der Waals surface area contributed by atoms with Crippen LogP contribution in [0.15, 0.2) is 48.5 Å². The summed E-state index contributed by atoms with van der Waals surface area (Å²) in [5, 5.41) is 1.09. The molecule has 1 N–H and O–H groups in total. The fourth-order valence-corrected chi connectivity index (χ4v) is 5.51. The van der Waals surface area contributed by atoms with Crippen LogP contribution in [0.2, 0.25) is 0 Å². The molecule has 1 saturated heterocycles. The van der Waals surface area contributed by atoms with Crippen molar-refractivity contribution >= 4 is 22.7 Å². The maximum atomic E-state index is 13.9. The van der Waals surface area contributed by atoms with E-state index in [1.165, 1.54) is 0 Å². The van der Waals surface area contributed by atoms with Crippen molar-refractivity contribution < 1.29 is 14.3 Å². The summed E-state index contributed by atoms with van der Waals surface area (Å²) < 4.78 is 5.69. The number of amides is 2. The highest BCUT2D eigenvalue weighted by molar-refractivity contribution is 6.01. The molecule has 6 nitrogen and oxygen atoms in total. The molecule has 2 aliphatic heterocycles. The van der Waals surface area contributed by atoms with E-state index in [2.05, 4.69) is 31.0 Å². The number of nitrogens with zero attached hydrogens (tertiary/aromatic N) is 2. The number of rotatable bonds is 5. The number of aromatic amines is 1. The zero-order valence-electron chi connectivity index (χ0n) is 19.7. The van der Waals surface area contributed by atoms with Crippen molar-refractivity contribution in [1.29, 1.82) is 0 Å². The first-order valence-corrected chi connectivity index (χ1v) is 11.7. The Balaban J connectivity index is 1.71. The Morgan fingerprint density at radius 1 is 1.12 bits per heavy atom. The average molecular weight is 446 g/mol. The number of methoxy groups -OCH3 is 1. The van der Waals surface area contributed by atoms with E-state index in [0.717, 1.165) is 39.9 Å². The maximum Gasteiger partial charge on any atom is 0.254 e. The lowest BCUT2D eigenvalue weighted by molar-refractivity contribution is -0.166. The normalized spacial score (nSPS) is 22.6. The molecule has 0 spiro atoms. The van der Waals surface area contributed by atoms with Crippen LogP contribution in [0, 0.1) is 5.92 Å². The van der Waals surface area contributed by atoms with E-state index in [1.54, 1.807) is 16.9 Å². The van der Waals surface area contributed by atoms with Gasteiger partial charge in [-0.3, -0.25) is 9.59 Å². The molecular weight excluding hydrogens is 414 g/mol. The Labute approximate surface area is 194 Å². The van der Waals surface area contributed by atoms with Crippen LogP contribution in [-0.4, -0.2) is 53.3 Å². The second-order valence-electron chi connectivity index (χ2n) is 9.74. The smallest absolute Gasteiger partial charge is 0.254 e. The summed E-state index contributed by atoms with van der Waals surface area (Å²) in [5.74, 6) is 1.14. The molecule has 0 aliphatic carbocycles. The van der Waals surface area contributed by atoms with Crippen molar-refractivity contribution in [3.05, 3.63) is 65.4 Å². The molecule has 33 heavy (non-hydrogen) atoms. The van der Waals surface area contributed by atoms with E-state index in [-0.39, 0.29) is 24.3 Å². The molecule has 0 unspecified atom stereocenters. The molecule has 3 heterocycles. The summed E-state index contributed by atoms with van der Waals surface area (Å²) >= 11 is 0. The number of para-hydroxylation sites is 2. The number of benzene rings is 2. The summed E-state index contributed by atoms with van der Waals surface area (Å²) in [4.78, 5) is 34.5. The minimum Gasteiger partial charge on any atom is -0.496 e. The fraction of sp³-hybridized carbons (Fsp3) is 0.407. The first-order valence-electron chi connectivity index (χ1n) is 11.7. The van der Waals surface area contributed by atoms with Crippen molar-refractivity contribution in [3.63, 3.8) is 0 Å². The van der Waals surface area contributed by atoms with E-state index in [9.17, 15) is 9.59 Å². The molecule has 1 aromatic heterocycles. The van der Waals surface area contributed by atoms with Crippen molar-refractivity contribution in [3.8, 4) is 5.75 Å². The van der Waals surface area contributed by atoms with Crippen LogP contribution in [0.4, 0.5) is 0 Å². The van der Waals surface area contributed by atoms with Gasteiger partial charge >= 0.3 is 0 Å². The number of nitrogens with one attached hydrogen (secondary N) is 1. The van der Waals surface area contributed by atoms with E-state index in [4.69, 9.17) is 4.74 Å². The molecule has 172 valence electrons. The fourth-order valence-electron chi connectivity index (χ4n) is 5.51. The quantitative estimate of drug-likeness (QED) is 0.638. The second kappa shape index (κ2) is 7.94. The third-order valence-corrected chi connectivity index (χ3v) is 7.31. The van der Waals surface area contributed by atoms with E-state index in [1.807, 2.05) is 43.3 Å². The number of ether oxygens (including phenoxy) is 1. The van der Waals surface area contributed by atoms with Crippen LogP contribution in [0.1, 0.15) is 49.9 Å². The minimum absolute atomic E-state index is 0.00553. The Hall–Kier alpha value is -3.28. The highest BCUT2D eigenvalue weighted by atomic mass is 16.5. The van der Waals surface area contributed by atoms with E-state index < -0.39 is 5.54 Å². The molecule has 2 aliphatic rings. The van der Waals surface area contributed by atoms with Crippen LogP contribution in [0.25, 0.3) is 10.9 Å². The molecule has 6 heteroatoms. The lowest BCUT2D eigenvalue weighted by Crippen LogP contribution is -2.67. The lowest BCUT2D eigenvalue weighted by atomic mass is 9.76. The molecule has 0 saturated carbocycles. The van der Waals surface area contributed by atoms with Gasteiger partial charge in [-0.05, 0) is 37.0 Å². The third kappa shape index (κ3) is 3.23. The minimum atomic E-state index is -1.06. The molecule has 0 bridgehead atoms. The van der Waals surface area contributed by atoms with E-state index in [0.29, 0.717) is 19.0 Å². The summed E-state index contributed by atoms with van der Waals surface area (Å²) in [5.41, 5.74) is 2.85. The van der Waals surface area contributed by atoms with Crippen molar-refractivity contribution in [2.45, 2.75) is 38.6 Å². The summed E-state index contributed by atoms with van der Waals surface area (Å²) in [6.45, 7) is 7.35. The second-order valence-corrected chi connectivity index (χ2v) is 9.74. The predicted octanol–water partition coefficient (Wildman–Crippen LogP) is 4.25. The van der Waals surface area contributed by atoms with Crippen LogP contribution >= 0.6 is 0 Å². The van der Waals surface area contributed by atoms with E-state index >= 15 is 0 Å². The number of hydrogen-bond acceptors (Lipinski definition) is 3. The van der Waals surface area contributed by atoms with Gasteiger partial charge in [0.05, 0.1) is 19.3 Å². The SMILES string of the molecule is COc1ccccc1[C@@H]1CN2C(=O)CN(CCC(C)C)C(=O)[C@]2(C)c2[nH]c3ccccc3c21. The summed E-state index contributed by atoms with van der Waals surface area (Å²) in [6, 6.07) is 16.1. The monoisotopic (exact) mass is 445 g/mol. The van der Waals surface area contributed by atoms with Gasteiger partial charge in [0.15, 0.2) is 5.54 Å². The maximum absolute atomic E-state index is 13.9. The van der Waals surface area contributed by atoms with Gasteiger partial charge in [-0.15, -0.1) is 0 Å². The van der Waals surface area contributed by atoms with Crippen molar-refractivity contribution in [2.24, 2.45) is 5.92 Å². The van der Waals surface area contributed by atoms with Gasteiger partial charge in [0, 0.05) is 35.5 Å². The number of piperazine rings is 1. The molecule has 0 radical (unpaired) electrons. The Morgan fingerprint density at radius 2 is 1.85 bits per heavy atom. The third-order valence-electron chi connectivity index (χ3n) is 7.31. The van der Waals surface area contributed by atoms with Gasteiger partial charge < -0.3 is 19.5 Å². The number of fused-ring (bicyclic) bond motifs is 5. The molecule has 1 fully saturated rings. The number of carbonyl (C=O) groups excluding carboxylic acids is 2. The van der Waals surface area contributed by atoms with Gasteiger partial charge in [0.25, 0.3) is 5.91 Å². The molecule has 2 aromatic carbocycles. The number of aromatic nitrogens is 1. The highest BCUT2D eigenvalue weighted by Gasteiger charge is 2.56. The first kappa shape index (κ1) is 21.6.